The maximum absolute atomic E-state index is 13.0. The molecule has 0 saturated heterocycles. The van der Waals surface area contributed by atoms with Crippen LogP contribution in [0.4, 0.5) is 24.5 Å². The summed E-state index contributed by atoms with van der Waals surface area (Å²) in [7, 11) is -3.96. The number of amides is 2. The average Bonchev–Trinajstić information content (AvgIpc) is 3.09. The van der Waals surface area contributed by atoms with Crippen LogP contribution in [0.15, 0.2) is 45.8 Å². The van der Waals surface area contributed by atoms with E-state index in [1.165, 1.54) is 24.0 Å². The minimum absolute atomic E-state index is 0.0588. The van der Waals surface area contributed by atoms with Gasteiger partial charge in [0.15, 0.2) is 9.84 Å². The molecule has 1 heterocycles. The number of alkyl halides is 3. The van der Waals surface area contributed by atoms with Crippen molar-refractivity contribution >= 4 is 49.0 Å². The van der Waals surface area contributed by atoms with Crippen molar-refractivity contribution in [3.8, 4) is 0 Å². The molecule has 0 atom stereocenters. The van der Waals surface area contributed by atoms with Gasteiger partial charge in [-0.1, -0.05) is 22.0 Å². The van der Waals surface area contributed by atoms with Crippen molar-refractivity contribution in [1.29, 1.82) is 0 Å². The van der Waals surface area contributed by atoms with E-state index in [0.29, 0.717) is 28.7 Å². The van der Waals surface area contributed by atoms with Crippen LogP contribution < -0.4 is 10.2 Å². The molecule has 3 rings (SSSR count). The maximum Gasteiger partial charge on any atom is 0.416 e. The van der Waals surface area contributed by atoms with Crippen molar-refractivity contribution < 1.29 is 31.2 Å². The highest BCUT2D eigenvalue weighted by atomic mass is 79.9. The molecule has 0 aliphatic carbocycles. The van der Waals surface area contributed by atoms with E-state index in [1.807, 2.05) is 0 Å². The molecule has 0 spiro atoms. The number of anilines is 2. The lowest BCUT2D eigenvalue weighted by Gasteiger charge is -2.19. The van der Waals surface area contributed by atoms with Gasteiger partial charge in [0.2, 0.25) is 11.8 Å². The number of benzene rings is 2. The molecule has 11 heteroatoms. The van der Waals surface area contributed by atoms with Crippen LogP contribution in [0.2, 0.25) is 0 Å². The molecule has 2 aromatic rings. The molecule has 0 saturated carbocycles. The van der Waals surface area contributed by atoms with Crippen molar-refractivity contribution in [2.24, 2.45) is 0 Å². The third-order valence-electron chi connectivity index (χ3n) is 4.78. The summed E-state index contributed by atoms with van der Waals surface area (Å²) in [6.07, 6.45) is -4.51. The van der Waals surface area contributed by atoms with Crippen molar-refractivity contribution in [2.45, 2.75) is 30.8 Å². The number of nitrogens with zero attached hydrogens (tertiary/aromatic N) is 1. The number of carbonyl (C=O) groups excluding carboxylic acids is 2. The average molecular weight is 519 g/mol. The van der Waals surface area contributed by atoms with Crippen LogP contribution in [0.3, 0.4) is 0 Å². The van der Waals surface area contributed by atoms with Crippen molar-refractivity contribution in [1.82, 2.24) is 0 Å². The van der Waals surface area contributed by atoms with Gasteiger partial charge in [-0.05, 0) is 42.3 Å². The minimum atomic E-state index is -4.56. The molecule has 2 aromatic carbocycles. The standard InChI is InChI=1S/C20H18BrF3N2O4S/c1-12(27)26-7-5-13-9-15(21)11-17(19(13)26)31(29,30)8-6-18(28)25-16-4-2-3-14(10-16)20(22,23)24/h2-4,9-11H,5-8H2,1H3,(H,25,28). The van der Waals surface area contributed by atoms with Gasteiger partial charge in [-0.15, -0.1) is 0 Å². The summed E-state index contributed by atoms with van der Waals surface area (Å²) in [5.74, 6) is -1.59. The van der Waals surface area contributed by atoms with Gasteiger partial charge in [0.1, 0.15) is 0 Å². The number of halogens is 4. The first-order valence-corrected chi connectivity index (χ1v) is 11.6. The number of fused-ring (bicyclic) bond motifs is 1. The zero-order chi connectivity index (χ0) is 23.0. The van der Waals surface area contributed by atoms with E-state index in [9.17, 15) is 31.2 Å². The Morgan fingerprint density at radius 3 is 2.55 bits per heavy atom. The van der Waals surface area contributed by atoms with Gasteiger partial charge < -0.3 is 10.2 Å². The van der Waals surface area contributed by atoms with Crippen LogP contribution in [0.25, 0.3) is 0 Å². The maximum atomic E-state index is 13.0. The van der Waals surface area contributed by atoms with Crippen molar-refractivity contribution in [3.05, 3.63) is 52.0 Å². The Kier molecular flexibility index (Phi) is 6.47. The lowest BCUT2D eigenvalue weighted by molar-refractivity contribution is -0.137. The summed E-state index contributed by atoms with van der Waals surface area (Å²) in [6.45, 7) is 1.70. The second-order valence-corrected chi connectivity index (χ2v) is 10.0. The fourth-order valence-electron chi connectivity index (χ4n) is 3.36. The van der Waals surface area contributed by atoms with Gasteiger partial charge in [-0.25, -0.2) is 8.42 Å². The van der Waals surface area contributed by atoms with Crippen LogP contribution in [-0.2, 0) is 32.0 Å². The smallest absolute Gasteiger partial charge is 0.326 e. The summed E-state index contributed by atoms with van der Waals surface area (Å²) < 4.78 is 64.9. The highest BCUT2D eigenvalue weighted by Gasteiger charge is 2.32. The zero-order valence-electron chi connectivity index (χ0n) is 16.3. The lowest BCUT2D eigenvalue weighted by Crippen LogP contribution is -2.27. The quantitative estimate of drug-likeness (QED) is 0.643. The molecule has 1 N–H and O–H groups in total. The summed E-state index contributed by atoms with van der Waals surface area (Å²) in [5, 5.41) is 2.29. The normalized spacial score (nSPS) is 13.8. The van der Waals surface area contributed by atoms with Crippen molar-refractivity contribution in [3.63, 3.8) is 0 Å². The van der Waals surface area contributed by atoms with Gasteiger partial charge in [0.05, 0.1) is 21.9 Å². The van der Waals surface area contributed by atoms with Gasteiger partial charge in [0, 0.05) is 30.0 Å². The fraction of sp³-hybridized carbons (Fsp3) is 0.300. The minimum Gasteiger partial charge on any atom is -0.326 e. The molecular formula is C20H18BrF3N2O4S. The fourth-order valence-corrected chi connectivity index (χ4v) is 5.53. The van der Waals surface area contributed by atoms with Gasteiger partial charge >= 0.3 is 6.18 Å². The first-order chi connectivity index (χ1) is 14.4. The second kappa shape index (κ2) is 8.62. The van der Waals surface area contributed by atoms with Crippen LogP contribution in [0.1, 0.15) is 24.5 Å². The number of sulfone groups is 1. The Bertz CT molecular complexity index is 1150. The molecule has 1 aliphatic rings. The number of rotatable bonds is 5. The third-order valence-corrected chi connectivity index (χ3v) is 6.96. The molecule has 1 aliphatic heterocycles. The summed E-state index contributed by atoms with van der Waals surface area (Å²) in [6, 6.07) is 7.22. The SMILES string of the molecule is CC(=O)N1CCc2cc(Br)cc(S(=O)(=O)CCC(=O)Nc3cccc(C(F)(F)F)c3)c21. The topological polar surface area (TPSA) is 83.6 Å². The Morgan fingerprint density at radius 1 is 1.19 bits per heavy atom. The molecule has 166 valence electrons. The number of nitrogens with one attached hydrogen (secondary N) is 1. The molecule has 31 heavy (non-hydrogen) atoms. The highest BCUT2D eigenvalue weighted by molar-refractivity contribution is 9.10. The molecule has 6 nitrogen and oxygen atoms in total. The first kappa shape index (κ1) is 23.3. The van der Waals surface area contributed by atoms with E-state index in [2.05, 4.69) is 21.2 Å². The molecule has 0 radical (unpaired) electrons. The largest absolute Gasteiger partial charge is 0.416 e. The zero-order valence-corrected chi connectivity index (χ0v) is 18.7. The van der Waals surface area contributed by atoms with Crippen LogP contribution >= 0.6 is 15.9 Å². The molecule has 2 amide bonds. The molecule has 0 aromatic heterocycles. The van der Waals surface area contributed by atoms with Gasteiger partial charge in [-0.2, -0.15) is 13.2 Å². The number of carbonyl (C=O) groups is 2. The van der Waals surface area contributed by atoms with Crippen LogP contribution in [0, 0.1) is 0 Å². The van der Waals surface area contributed by atoms with Gasteiger partial charge in [0.25, 0.3) is 0 Å². The Balaban J connectivity index is 1.77. The Morgan fingerprint density at radius 2 is 1.90 bits per heavy atom. The van der Waals surface area contributed by atoms with E-state index in [4.69, 9.17) is 0 Å². The van der Waals surface area contributed by atoms with Crippen molar-refractivity contribution in [2.75, 3.05) is 22.5 Å². The molecule has 0 unspecified atom stereocenters. The van der Waals surface area contributed by atoms with E-state index in [0.717, 1.165) is 18.2 Å². The highest BCUT2D eigenvalue weighted by Crippen LogP contribution is 2.38. The van der Waals surface area contributed by atoms with E-state index in [1.54, 1.807) is 6.07 Å². The monoisotopic (exact) mass is 518 g/mol. The molecule has 0 bridgehead atoms. The predicted molar refractivity (Wildman–Crippen MR) is 113 cm³/mol. The van der Waals surface area contributed by atoms with Crippen LogP contribution in [0.5, 0.6) is 0 Å². The first-order valence-electron chi connectivity index (χ1n) is 9.19. The predicted octanol–water partition coefficient (Wildman–Crippen LogP) is 4.18. The Hall–Kier alpha value is -2.40. The Labute approximate surface area is 185 Å². The number of hydrogen-bond acceptors (Lipinski definition) is 4. The third kappa shape index (κ3) is 5.27. The van der Waals surface area contributed by atoms with E-state index >= 15 is 0 Å². The second-order valence-electron chi connectivity index (χ2n) is 7.03. The molecular weight excluding hydrogens is 501 g/mol. The summed E-state index contributed by atoms with van der Waals surface area (Å²) in [5.41, 5.74) is 0.0147. The number of hydrogen-bond donors (Lipinski definition) is 1. The summed E-state index contributed by atoms with van der Waals surface area (Å²) in [4.78, 5) is 25.4. The lowest BCUT2D eigenvalue weighted by atomic mass is 10.2. The summed E-state index contributed by atoms with van der Waals surface area (Å²) >= 11 is 3.27. The molecule has 0 fully saturated rings. The van der Waals surface area contributed by atoms with Gasteiger partial charge in [-0.3, -0.25) is 9.59 Å². The van der Waals surface area contributed by atoms with E-state index < -0.39 is 39.7 Å². The van der Waals surface area contributed by atoms with Crippen LogP contribution in [-0.4, -0.2) is 32.5 Å². The van der Waals surface area contributed by atoms with E-state index in [-0.39, 0.29) is 16.5 Å².